The number of aliphatic carboxylic acids is 1. The molecule has 0 saturated heterocycles. The maximum atomic E-state index is 13.7. The van der Waals surface area contributed by atoms with E-state index in [-0.39, 0.29) is 45.3 Å². The Balaban J connectivity index is 3.21. The molecule has 0 heterocycles. The lowest BCUT2D eigenvalue weighted by Gasteiger charge is -2.28. The van der Waals surface area contributed by atoms with Crippen molar-refractivity contribution in [1.29, 1.82) is 0 Å². The minimum absolute atomic E-state index is 0.0216. The van der Waals surface area contributed by atoms with Crippen molar-refractivity contribution >= 4 is 41.4 Å². The molecule has 0 unspecified atom stereocenters. The van der Waals surface area contributed by atoms with Crippen molar-refractivity contribution in [3.05, 3.63) is 35.9 Å². The molecule has 6 amide bonds. The molecule has 0 aliphatic rings. The Morgan fingerprint density at radius 3 is 1.47 bits per heavy atom. The summed E-state index contributed by atoms with van der Waals surface area (Å²) < 4.78 is 0. The summed E-state index contributed by atoms with van der Waals surface area (Å²) in [5, 5.41) is 53.3. The number of carboxylic acid groups (broad SMARTS) is 1. The van der Waals surface area contributed by atoms with Crippen LogP contribution in [-0.2, 0) is 40.0 Å². The Bertz CT molecular complexity index is 1370. The van der Waals surface area contributed by atoms with Crippen LogP contribution in [0.2, 0.25) is 0 Å². The molecule has 0 fully saturated rings. The summed E-state index contributed by atoms with van der Waals surface area (Å²) in [4.78, 5) is 90.1. The minimum Gasteiger partial charge on any atom is -0.480 e. The van der Waals surface area contributed by atoms with E-state index in [2.05, 4.69) is 31.9 Å². The molecule has 0 radical (unpaired) electrons. The van der Waals surface area contributed by atoms with Crippen LogP contribution in [0.4, 0.5) is 0 Å². The van der Waals surface area contributed by atoms with Crippen LogP contribution in [0.25, 0.3) is 0 Å². The van der Waals surface area contributed by atoms with Gasteiger partial charge in [-0.25, -0.2) is 4.79 Å². The first-order chi connectivity index (χ1) is 25.0. The molecule has 0 aliphatic carbocycles. The van der Waals surface area contributed by atoms with E-state index in [0.717, 1.165) is 13.8 Å². The van der Waals surface area contributed by atoms with E-state index in [1.54, 1.807) is 30.3 Å². The molecule has 53 heavy (non-hydrogen) atoms. The van der Waals surface area contributed by atoms with Crippen molar-refractivity contribution in [2.75, 3.05) is 26.2 Å². The second-order valence-electron chi connectivity index (χ2n) is 12.2. The first-order valence-corrected chi connectivity index (χ1v) is 16.9. The number of nitrogens with two attached hydrogens (primary N) is 4. The standard InChI is InChI=1S/C32H54N10O11/c1-16(44)24(31(51)40-23(15-43)30(50)38-21(10-13-35)28(48)42-25(17(2)45)32(52)53)41-29(49)22(14-18-6-4-3-5-7-18)39-27(47)20(9-12-34)37-26(46)19(36)8-11-33/h3-7,16-17,19-25,43-45H,8-15,33-36H2,1-2H3,(H,37,46)(H,38,50)(H,39,47)(H,40,51)(H,41,49)(H,42,48)(H,52,53)/t16-,17-,19+,20+,21+,22-,23+,24+,25+/m1/s1. The Kier molecular flexibility index (Phi) is 20.7. The summed E-state index contributed by atoms with van der Waals surface area (Å²) in [6, 6.07) is -1.80. The van der Waals surface area contributed by atoms with Gasteiger partial charge in [0.15, 0.2) is 6.04 Å². The third-order valence-electron chi connectivity index (χ3n) is 7.83. The molecule has 1 aromatic carbocycles. The van der Waals surface area contributed by atoms with Crippen molar-refractivity contribution in [1.82, 2.24) is 31.9 Å². The van der Waals surface area contributed by atoms with Crippen LogP contribution < -0.4 is 54.8 Å². The van der Waals surface area contributed by atoms with Crippen LogP contribution in [0.15, 0.2) is 30.3 Å². The lowest BCUT2D eigenvalue weighted by Crippen LogP contribution is -2.62. The van der Waals surface area contributed by atoms with Gasteiger partial charge in [0.1, 0.15) is 30.2 Å². The quantitative estimate of drug-likeness (QED) is 0.0466. The smallest absolute Gasteiger partial charge is 0.328 e. The highest BCUT2D eigenvalue weighted by molar-refractivity contribution is 5.97. The zero-order valence-electron chi connectivity index (χ0n) is 29.7. The predicted molar refractivity (Wildman–Crippen MR) is 189 cm³/mol. The number of nitrogens with one attached hydrogen (secondary N) is 6. The molecule has 21 nitrogen and oxygen atoms in total. The largest absolute Gasteiger partial charge is 0.480 e. The first kappa shape index (κ1) is 46.3. The molecule has 18 N–H and O–H groups in total. The number of carboxylic acids is 1. The van der Waals surface area contributed by atoms with E-state index >= 15 is 0 Å². The Morgan fingerprint density at radius 2 is 1.00 bits per heavy atom. The van der Waals surface area contributed by atoms with Gasteiger partial charge < -0.3 is 75.3 Å². The van der Waals surface area contributed by atoms with Gasteiger partial charge in [-0.15, -0.1) is 0 Å². The van der Waals surface area contributed by atoms with E-state index in [9.17, 15) is 54.0 Å². The second-order valence-corrected chi connectivity index (χ2v) is 12.2. The van der Waals surface area contributed by atoms with Crippen molar-refractivity contribution in [2.24, 2.45) is 22.9 Å². The number of hydrogen-bond donors (Lipinski definition) is 14. The maximum Gasteiger partial charge on any atom is 0.328 e. The molecule has 298 valence electrons. The summed E-state index contributed by atoms with van der Waals surface area (Å²) in [5.41, 5.74) is 23.1. The van der Waals surface area contributed by atoms with Crippen molar-refractivity contribution in [2.45, 2.75) is 94.0 Å². The fourth-order valence-electron chi connectivity index (χ4n) is 4.82. The molecular formula is C32H54N10O11. The number of amides is 6. The molecular weight excluding hydrogens is 700 g/mol. The summed E-state index contributed by atoms with van der Waals surface area (Å²) in [6.45, 7) is 1.21. The Morgan fingerprint density at radius 1 is 0.585 bits per heavy atom. The number of carbonyl (C=O) groups excluding carboxylic acids is 6. The number of carbonyl (C=O) groups is 7. The summed E-state index contributed by atoms with van der Waals surface area (Å²) in [6.07, 6.45) is -3.28. The molecule has 0 saturated carbocycles. The predicted octanol–water partition coefficient (Wildman–Crippen LogP) is -6.65. The zero-order chi connectivity index (χ0) is 40.2. The van der Waals surface area contributed by atoms with E-state index in [4.69, 9.17) is 22.9 Å². The van der Waals surface area contributed by atoms with Crippen LogP contribution in [0.1, 0.15) is 38.7 Å². The molecule has 1 aromatic rings. The third-order valence-corrected chi connectivity index (χ3v) is 7.83. The number of aliphatic hydroxyl groups excluding tert-OH is 3. The number of aliphatic hydroxyl groups is 3. The lowest BCUT2D eigenvalue weighted by atomic mass is 10.0. The molecule has 9 atom stereocenters. The van der Waals surface area contributed by atoms with E-state index in [1.165, 1.54) is 0 Å². The molecule has 0 bridgehead atoms. The third kappa shape index (κ3) is 15.8. The van der Waals surface area contributed by atoms with Gasteiger partial charge in [0.25, 0.3) is 0 Å². The summed E-state index contributed by atoms with van der Waals surface area (Å²) in [5.74, 6) is -7.23. The monoisotopic (exact) mass is 754 g/mol. The van der Waals surface area contributed by atoms with Crippen molar-refractivity contribution in [3.8, 4) is 0 Å². The number of hydrogen-bond acceptors (Lipinski definition) is 14. The van der Waals surface area contributed by atoms with Gasteiger partial charge >= 0.3 is 5.97 Å². The second kappa shape index (κ2) is 23.7. The number of benzene rings is 1. The molecule has 0 spiro atoms. The van der Waals surface area contributed by atoms with E-state index in [1.807, 2.05) is 0 Å². The molecule has 0 aromatic heterocycles. The topological polar surface area (TPSA) is 377 Å². The highest BCUT2D eigenvalue weighted by Crippen LogP contribution is 2.07. The van der Waals surface area contributed by atoms with Crippen LogP contribution in [0, 0.1) is 0 Å². The van der Waals surface area contributed by atoms with Gasteiger partial charge in [-0.1, -0.05) is 30.3 Å². The van der Waals surface area contributed by atoms with Gasteiger partial charge in [-0.2, -0.15) is 0 Å². The first-order valence-electron chi connectivity index (χ1n) is 16.9. The molecule has 0 aliphatic heterocycles. The van der Waals surface area contributed by atoms with Gasteiger partial charge in [-0.05, 0) is 58.3 Å². The Labute approximate surface area is 306 Å². The molecule has 1 rings (SSSR count). The summed E-state index contributed by atoms with van der Waals surface area (Å²) >= 11 is 0. The van der Waals surface area contributed by atoms with Crippen LogP contribution in [0.3, 0.4) is 0 Å². The number of rotatable bonds is 24. The maximum absolute atomic E-state index is 13.7. The average Bonchev–Trinajstić information content (AvgIpc) is 3.10. The van der Waals surface area contributed by atoms with Crippen molar-refractivity contribution in [3.63, 3.8) is 0 Å². The SMILES string of the molecule is C[C@@H](O)[C@H](NC(=O)[C@H](CCN)NC(=O)[C@H](CO)NC(=O)[C@@H](NC(=O)[C@@H](Cc1ccccc1)NC(=O)[C@H](CCN)NC(=O)[C@@H](N)CCN)[C@@H](C)O)C(=O)O. The van der Waals surface area contributed by atoms with E-state index < -0.39 is 103 Å². The lowest BCUT2D eigenvalue weighted by molar-refractivity contribution is -0.145. The highest BCUT2D eigenvalue weighted by atomic mass is 16.4. The van der Waals surface area contributed by atoms with Crippen LogP contribution >= 0.6 is 0 Å². The normalized spacial score (nSPS) is 16.2. The van der Waals surface area contributed by atoms with Crippen LogP contribution in [-0.4, -0.2) is 143 Å². The fraction of sp³-hybridized carbons (Fsp3) is 0.594. The summed E-state index contributed by atoms with van der Waals surface area (Å²) in [7, 11) is 0. The Hall–Kier alpha value is -4.77. The molecule has 21 heteroatoms. The van der Waals surface area contributed by atoms with E-state index in [0.29, 0.717) is 5.56 Å². The van der Waals surface area contributed by atoms with Crippen molar-refractivity contribution < 1.29 is 54.0 Å². The van der Waals surface area contributed by atoms with Crippen LogP contribution in [0.5, 0.6) is 0 Å². The average molecular weight is 755 g/mol. The fourth-order valence-corrected chi connectivity index (χ4v) is 4.82. The van der Waals surface area contributed by atoms with Gasteiger partial charge in [0.2, 0.25) is 35.4 Å². The van der Waals surface area contributed by atoms with Gasteiger partial charge in [0, 0.05) is 6.42 Å². The minimum atomic E-state index is -1.75. The highest BCUT2D eigenvalue weighted by Gasteiger charge is 2.35. The van der Waals surface area contributed by atoms with Gasteiger partial charge in [0.05, 0.1) is 24.9 Å². The zero-order valence-corrected chi connectivity index (χ0v) is 29.7. The van der Waals surface area contributed by atoms with Gasteiger partial charge in [-0.3, -0.25) is 28.8 Å².